The quantitative estimate of drug-likeness (QED) is 0.795. The molecule has 0 fully saturated rings. The minimum absolute atomic E-state index is 0.171. The molecule has 15 heavy (non-hydrogen) atoms. The summed E-state index contributed by atoms with van der Waals surface area (Å²) in [6, 6.07) is 7.65. The van der Waals surface area contributed by atoms with E-state index < -0.39 is 0 Å². The van der Waals surface area contributed by atoms with E-state index in [0.29, 0.717) is 10.7 Å². The van der Waals surface area contributed by atoms with Crippen molar-refractivity contribution < 1.29 is 9.53 Å². The Labute approximate surface area is 92.0 Å². The number of halogens is 1. The summed E-state index contributed by atoms with van der Waals surface area (Å²) in [7, 11) is 1.36. The van der Waals surface area contributed by atoms with Crippen LogP contribution in [0.3, 0.4) is 0 Å². The van der Waals surface area contributed by atoms with Crippen molar-refractivity contribution in [2.24, 2.45) is 0 Å². The number of ether oxygens (including phenoxy) is 1. The number of para-hydroxylation sites is 1. The number of hydrogen-bond acceptors (Lipinski definition) is 2. The highest BCUT2D eigenvalue weighted by molar-refractivity contribution is 6.36. The lowest BCUT2D eigenvalue weighted by Gasteiger charge is -1.96. The molecule has 0 aliphatic rings. The van der Waals surface area contributed by atoms with E-state index in [4.69, 9.17) is 11.6 Å². The molecule has 2 rings (SSSR count). The van der Waals surface area contributed by atoms with Crippen molar-refractivity contribution in [2.45, 2.75) is 6.42 Å². The third-order valence-electron chi connectivity index (χ3n) is 2.26. The maximum Gasteiger partial charge on any atom is 0.311 e. The van der Waals surface area contributed by atoms with Crippen molar-refractivity contribution >= 4 is 28.5 Å². The van der Waals surface area contributed by atoms with E-state index in [-0.39, 0.29) is 12.4 Å². The van der Waals surface area contributed by atoms with E-state index in [1.165, 1.54) is 7.11 Å². The number of aromatic amines is 1. The van der Waals surface area contributed by atoms with Crippen LogP contribution in [-0.4, -0.2) is 18.1 Å². The van der Waals surface area contributed by atoms with Gasteiger partial charge in [0.2, 0.25) is 0 Å². The molecule has 0 saturated heterocycles. The molecule has 0 bridgehead atoms. The molecule has 1 N–H and O–H groups in total. The molecule has 0 saturated carbocycles. The van der Waals surface area contributed by atoms with Gasteiger partial charge in [-0.2, -0.15) is 0 Å². The Morgan fingerprint density at radius 1 is 1.47 bits per heavy atom. The summed E-state index contributed by atoms with van der Waals surface area (Å²) >= 11 is 6.12. The van der Waals surface area contributed by atoms with Crippen LogP contribution in [0.15, 0.2) is 24.3 Å². The van der Waals surface area contributed by atoms with Crippen molar-refractivity contribution in [1.82, 2.24) is 4.98 Å². The number of nitrogens with one attached hydrogen (secondary N) is 1. The SMILES string of the molecule is COC(=O)Cc1[nH]c2ccccc2c1Cl. The first kappa shape index (κ1) is 10.1. The van der Waals surface area contributed by atoms with Crippen LogP contribution in [0.5, 0.6) is 0 Å². The number of H-pyrrole nitrogens is 1. The monoisotopic (exact) mass is 223 g/mol. The van der Waals surface area contributed by atoms with Gasteiger partial charge in [-0.3, -0.25) is 4.79 Å². The fourth-order valence-electron chi connectivity index (χ4n) is 1.50. The fraction of sp³-hybridized carbons (Fsp3) is 0.182. The Bertz CT molecular complexity index is 504. The number of fused-ring (bicyclic) bond motifs is 1. The second-order valence-electron chi connectivity index (χ2n) is 3.22. The topological polar surface area (TPSA) is 42.1 Å². The molecular weight excluding hydrogens is 214 g/mol. The summed E-state index contributed by atoms with van der Waals surface area (Å²) in [5.74, 6) is -0.302. The Morgan fingerprint density at radius 3 is 2.87 bits per heavy atom. The van der Waals surface area contributed by atoms with Gasteiger partial charge in [-0.05, 0) is 6.07 Å². The summed E-state index contributed by atoms with van der Waals surface area (Å²) in [4.78, 5) is 14.2. The zero-order chi connectivity index (χ0) is 10.8. The predicted molar refractivity (Wildman–Crippen MR) is 59.0 cm³/mol. The molecule has 0 spiro atoms. The van der Waals surface area contributed by atoms with Gasteiger partial charge in [0.05, 0.1) is 18.6 Å². The molecule has 1 aromatic carbocycles. The van der Waals surface area contributed by atoms with Crippen molar-refractivity contribution in [2.75, 3.05) is 7.11 Å². The van der Waals surface area contributed by atoms with Crippen LogP contribution in [0.2, 0.25) is 5.02 Å². The average Bonchev–Trinajstić information content (AvgIpc) is 2.57. The van der Waals surface area contributed by atoms with Crippen LogP contribution in [0.4, 0.5) is 0 Å². The lowest BCUT2D eigenvalue weighted by atomic mass is 10.2. The van der Waals surface area contributed by atoms with Gasteiger partial charge in [0.1, 0.15) is 0 Å². The number of carbonyl (C=O) groups is 1. The highest BCUT2D eigenvalue weighted by Crippen LogP contribution is 2.27. The van der Waals surface area contributed by atoms with Gasteiger partial charge in [0.15, 0.2) is 0 Å². The standard InChI is InChI=1S/C11H10ClNO2/c1-15-10(14)6-9-11(12)7-4-2-3-5-8(7)13-9/h2-5,13H,6H2,1H3. The first-order valence-corrected chi connectivity index (χ1v) is 4.92. The van der Waals surface area contributed by atoms with E-state index in [2.05, 4.69) is 9.72 Å². The molecule has 0 radical (unpaired) electrons. The molecule has 4 heteroatoms. The van der Waals surface area contributed by atoms with Crippen molar-refractivity contribution in [3.05, 3.63) is 35.0 Å². The number of methoxy groups -OCH3 is 1. The van der Waals surface area contributed by atoms with Gasteiger partial charge in [0, 0.05) is 16.6 Å². The predicted octanol–water partition coefficient (Wildman–Crippen LogP) is 2.54. The Morgan fingerprint density at radius 2 is 2.20 bits per heavy atom. The van der Waals surface area contributed by atoms with Crippen LogP contribution in [0.25, 0.3) is 10.9 Å². The molecule has 0 aliphatic heterocycles. The first-order chi connectivity index (χ1) is 7.22. The first-order valence-electron chi connectivity index (χ1n) is 4.54. The highest BCUT2D eigenvalue weighted by Gasteiger charge is 2.12. The molecular formula is C11H10ClNO2. The molecule has 2 aromatic rings. The van der Waals surface area contributed by atoms with Crippen molar-refractivity contribution in [3.8, 4) is 0 Å². The maximum atomic E-state index is 11.1. The summed E-state index contributed by atoms with van der Waals surface area (Å²) in [6.45, 7) is 0. The number of aromatic nitrogens is 1. The van der Waals surface area contributed by atoms with E-state index in [1.807, 2.05) is 24.3 Å². The summed E-state index contributed by atoms with van der Waals surface area (Å²) < 4.78 is 4.59. The summed E-state index contributed by atoms with van der Waals surface area (Å²) in [5.41, 5.74) is 1.63. The van der Waals surface area contributed by atoms with Crippen LogP contribution in [0, 0.1) is 0 Å². The normalized spacial score (nSPS) is 10.5. The minimum atomic E-state index is -0.302. The number of hydrogen-bond donors (Lipinski definition) is 1. The lowest BCUT2D eigenvalue weighted by molar-refractivity contribution is -0.139. The molecule has 0 amide bonds. The number of esters is 1. The fourth-order valence-corrected chi connectivity index (χ4v) is 1.78. The zero-order valence-corrected chi connectivity index (χ0v) is 8.97. The van der Waals surface area contributed by atoms with E-state index in [9.17, 15) is 4.79 Å². The van der Waals surface area contributed by atoms with E-state index >= 15 is 0 Å². The van der Waals surface area contributed by atoms with E-state index in [1.54, 1.807) is 0 Å². The number of rotatable bonds is 2. The van der Waals surface area contributed by atoms with Gasteiger partial charge in [-0.25, -0.2) is 0 Å². The van der Waals surface area contributed by atoms with E-state index in [0.717, 1.165) is 10.9 Å². The molecule has 0 aliphatic carbocycles. The van der Waals surface area contributed by atoms with Crippen LogP contribution in [-0.2, 0) is 16.0 Å². The van der Waals surface area contributed by atoms with Gasteiger partial charge >= 0.3 is 5.97 Å². The molecule has 1 heterocycles. The molecule has 0 atom stereocenters. The molecule has 78 valence electrons. The van der Waals surface area contributed by atoms with Crippen molar-refractivity contribution in [1.29, 1.82) is 0 Å². The van der Waals surface area contributed by atoms with Crippen LogP contribution in [0.1, 0.15) is 5.69 Å². The highest BCUT2D eigenvalue weighted by atomic mass is 35.5. The van der Waals surface area contributed by atoms with Gasteiger partial charge < -0.3 is 9.72 Å². The van der Waals surface area contributed by atoms with Gasteiger partial charge in [-0.15, -0.1) is 0 Å². The van der Waals surface area contributed by atoms with Gasteiger partial charge in [0.25, 0.3) is 0 Å². The molecule has 0 unspecified atom stereocenters. The molecule has 3 nitrogen and oxygen atoms in total. The summed E-state index contributed by atoms with van der Waals surface area (Å²) in [5, 5.41) is 1.52. The van der Waals surface area contributed by atoms with Crippen molar-refractivity contribution in [3.63, 3.8) is 0 Å². The minimum Gasteiger partial charge on any atom is -0.469 e. The number of carbonyl (C=O) groups excluding carboxylic acids is 1. The second kappa shape index (κ2) is 3.95. The maximum absolute atomic E-state index is 11.1. The third kappa shape index (κ3) is 1.83. The third-order valence-corrected chi connectivity index (χ3v) is 2.69. The van der Waals surface area contributed by atoms with Crippen LogP contribution >= 0.6 is 11.6 Å². The average molecular weight is 224 g/mol. The second-order valence-corrected chi connectivity index (χ2v) is 3.59. The summed E-state index contributed by atoms with van der Waals surface area (Å²) in [6.07, 6.45) is 0.171. The number of benzene rings is 1. The lowest BCUT2D eigenvalue weighted by Crippen LogP contribution is -2.04. The molecule has 1 aromatic heterocycles. The smallest absolute Gasteiger partial charge is 0.311 e. The largest absolute Gasteiger partial charge is 0.469 e. The Kier molecular flexibility index (Phi) is 2.64. The van der Waals surface area contributed by atoms with Gasteiger partial charge in [-0.1, -0.05) is 29.8 Å². The zero-order valence-electron chi connectivity index (χ0n) is 8.21. The Hall–Kier alpha value is -1.48. The van der Waals surface area contributed by atoms with Crippen LogP contribution < -0.4 is 0 Å². The Balaban J connectivity index is 2.44.